The first-order valence-corrected chi connectivity index (χ1v) is 11.1. The maximum absolute atomic E-state index is 12.9. The highest BCUT2D eigenvalue weighted by Crippen LogP contribution is 2.35. The molecule has 3 heterocycles. The topological polar surface area (TPSA) is 73.7 Å². The van der Waals surface area contributed by atoms with Crippen LogP contribution in [0.15, 0.2) is 18.2 Å². The van der Waals surface area contributed by atoms with Crippen LogP contribution in [0.1, 0.15) is 5.56 Å². The summed E-state index contributed by atoms with van der Waals surface area (Å²) < 4.78 is 62.6. The minimum Gasteiger partial charge on any atom is -0.390 e. The van der Waals surface area contributed by atoms with Gasteiger partial charge in [-0.25, -0.2) is 13.4 Å². The quantitative estimate of drug-likeness (QED) is 0.794. The van der Waals surface area contributed by atoms with E-state index in [1.165, 1.54) is 17.4 Å². The molecule has 2 saturated heterocycles. The van der Waals surface area contributed by atoms with Gasteiger partial charge in [-0.05, 0) is 18.2 Å². The number of aliphatic hydroxyl groups is 1. The number of rotatable bonds is 2. The van der Waals surface area contributed by atoms with E-state index in [4.69, 9.17) is 0 Å². The van der Waals surface area contributed by atoms with Crippen molar-refractivity contribution in [2.45, 2.75) is 18.3 Å². The third kappa shape index (κ3) is 3.78. The van der Waals surface area contributed by atoms with Crippen LogP contribution in [0.2, 0.25) is 0 Å². The van der Waals surface area contributed by atoms with E-state index >= 15 is 0 Å². The van der Waals surface area contributed by atoms with Gasteiger partial charge in [0.2, 0.25) is 0 Å². The smallest absolute Gasteiger partial charge is 0.390 e. The van der Waals surface area contributed by atoms with E-state index in [0.717, 1.165) is 12.1 Å². The van der Waals surface area contributed by atoms with Crippen LogP contribution in [0.5, 0.6) is 0 Å². The summed E-state index contributed by atoms with van der Waals surface area (Å²) in [6.45, 7) is 2.30. The highest BCUT2D eigenvalue weighted by atomic mass is 32.2. The molecule has 2 aromatic rings. The second kappa shape index (κ2) is 6.57. The van der Waals surface area contributed by atoms with E-state index in [-0.39, 0.29) is 17.5 Å². The Balaban J connectivity index is 1.47. The normalized spacial score (nSPS) is 26.7. The van der Waals surface area contributed by atoms with Crippen molar-refractivity contribution in [3.05, 3.63) is 23.8 Å². The summed E-state index contributed by atoms with van der Waals surface area (Å²) in [6, 6.07) is 3.17. The van der Waals surface area contributed by atoms with Gasteiger partial charge in [-0.2, -0.15) is 13.2 Å². The van der Waals surface area contributed by atoms with Crippen LogP contribution >= 0.6 is 11.3 Å². The maximum atomic E-state index is 12.9. The number of aromatic nitrogens is 1. The van der Waals surface area contributed by atoms with Crippen LogP contribution in [0, 0.1) is 0 Å². The number of hydrogen-bond acceptors (Lipinski definition) is 7. The summed E-state index contributed by atoms with van der Waals surface area (Å²) in [4.78, 5) is 8.32. The van der Waals surface area contributed by atoms with E-state index < -0.39 is 27.7 Å². The van der Waals surface area contributed by atoms with Crippen LogP contribution in [0.3, 0.4) is 0 Å². The molecular weight excluding hydrogens is 403 g/mol. The number of thiazole rings is 1. The van der Waals surface area contributed by atoms with Crippen LogP contribution in [-0.4, -0.2) is 73.2 Å². The van der Waals surface area contributed by atoms with Crippen molar-refractivity contribution < 1.29 is 26.7 Å². The zero-order valence-electron chi connectivity index (χ0n) is 14.2. The van der Waals surface area contributed by atoms with Crippen molar-refractivity contribution in [3.8, 4) is 0 Å². The Morgan fingerprint density at radius 3 is 2.44 bits per heavy atom. The van der Waals surface area contributed by atoms with E-state index in [0.29, 0.717) is 41.5 Å². The minimum atomic E-state index is -4.40. The number of anilines is 1. The molecule has 1 N–H and O–H groups in total. The molecule has 148 valence electrons. The molecule has 2 fully saturated rings. The Bertz CT molecular complexity index is 953. The van der Waals surface area contributed by atoms with Gasteiger partial charge in [-0.1, -0.05) is 11.3 Å². The fourth-order valence-electron chi connectivity index (χ4n) is 3.63. The first-order valence-electron chi connectivity index (χ1n) is 8.48. The van der Waals surface area contributed by atoms with Gasteiger partial charge in [0.1, 0.15) is 0 Å². The first kappa shape index (κ1) is 18.9. The summed E-state index contributed by atoms with van der Waals surface area (Å²) in [7, 11) is -3.20. The largest absolute Gasteiger partial charge is 0.416 e. The van der Waals surface area contributed by atoms with Crippen LogP contribution in [-0.2, 0) is 16.0 Å². The number of piperazine rings is 1. The molecule has 11 heteroatoms. The van der Waals surface area contributed by atoms with Crippen molar-refractivity contribution in [1.82, 2.24) is 9.88 Å². The highest BCUT2D eigenvalue weighted by Gasteiger charge is 2.41. The number of benzene rings is 1. The molecule has 0 aliphatic carbocycles. The number of aliphatic hydroxyl groups excluding tert-OH is 1. The second-order valence-electron chi connectivity index (χ2n) is 6.91. The lowest BCUT2D eigenvalue weighted by Crippen LogP contribution is -2.53. The predicted octanol–water partition coefficient (Wildman–Crippen LogP) is 1.60. The standard InChI is InChI=1S/C16H18F3N3O3S2/c17-16(18,19)10-1-2-14-11(7-10)20-15(26-14)22-5-3-21(4-6-22)12-8-27(24,25)9-13(12)23/h1-2,7,12-13,23H,3-6,8-9H2/t12-,13+/m0/s1. The van der Waals surface area contributed by atoms with Crippen LogP contribution < -0.4 is 4.90 Å². The molecule has 27 heavy (non-hydrogen) atoms. The summed E-state index contributed by atoms with van der Waals surface area (Å²) in [5.74, 6) is -0.229. The number of halogens is 3. The Morgan fingerprint density at radius 2 is 1.85 bits per heavy atom. The van der Waals surface area contributed by atoms with Crippen molar-refractivity contribution in [1.29, 1.82) is 0 Å². The number of sulfone groups is 1. The molecule has 2 aliphatic rings. The van der Waals surface area contributed by atoms with Gasteiger partial charge in [0, 0.05) is 26.2 Å². The molecule has 2 atom stereocenters. The molecule has 0 spiro atoms. The molecule has 0 bridgehead atoms. The zero-order valence-corrected chi connectivity index (χ0v) is 15.8. The molecule has 0 radical (unpaired) electrons. The third-order valence-corrected chi connectivity index (χ3v) is 7.85. The monoisotopic (exact) mass is 421 g/mol. The van der Waals surface area contributed by atoms with E-state index in [2.05, 4.69) is 4.98 Å². The Kier molecular flexibility index (Phi) is 4.60. The van der Waals surface area contributed by atoms with Crippen molar-refractivity contribution >= 4 is 36.5 Å². The molecule has 0 amide bonds. The van der Waals surface area contributed by atoms with Gasteiger partial charge < -0.3 is 10.0 Å². The average molecular weight is 421 g/mol. The number of alkyl halides is 3. The Labute approximate surface area is 158 Å². The third-order valence-electron chi connectivity index (χ3n) is 5.05. The molecule has 6 nitrogen and oxygen atoms in total. The SMILES string of the molecule is O=S1(=O)C[C@@H](O)[C@@H](N2CCN(c3nc4cc(C(F)(F)F)ccc4s3)CC2)C1. The summed E-state index contributed by atoms with van der Waals surface area (Å²) in [5.41, 5.74) is -0.391. The molecule has 1 aromatic carbocycles. The fraction of sp³-hybridized carbons (Fsp3) is 0.562. The van der Waals surface area contributed by atoms with Gasteiger partial charge in [0.05, 0.1) is 39.4 Å². The lowest BCUT2D eigenvalue weighted by atomic mass is 10.1. The molecular formula is C16H18F3N3O3S2. The molecule has 0 unspecified atom stereocenters. The Hall–Kier alpha value is -1.43. The first-order chi connectivity index (χ1) is 12.6. The summed E-state index contributed by atoms with van der Waals surface area (Å²) in [5, 5.41) is 10.7. The number of fused-ring (bicyclic) bond motifs is 1. The maximum Gasteiger partial charge on any atom is 0.416 e. The van der Waals surface area contributed by atoms with Gasteiger partial charge in [0.15, 0.2) is 15.0 Å². The number of nitrogens with zero attached hydrogens (tertiary/aromatic N) is 3. The Morgan fingerprint density at radius 1 is 1.15 bits per heavy atom. The number of hydrogen-bond donors (Lipinski definition) is 1. The van der Waals surface area contributed by atoms with Gasteiger partial charge in [0.25, 0.3) is 0 Å². The van der Waals surface area contributed by atoms with E-state index in [1.807, 2.05) is 9.80 Å². The van der Waals surface area contributed by atoms with Gasteiger partial charge in [-0.3, -0.25) is 4.90 Å². The fourth-order valence-corrected chi connectivity index (χ4v) is 6.46. The van der Waals surface area contributed by atoms with Gasteiger partial charge >= 0.3 is 6.18 Å². The van der Waals surface area contributed by atoms with E-state index in [1.54, 1.807) is 0 Å². The average Bonchev–Trinajstić information content (AvgIpc) is 3.13. The lowest BCUT2D eigenvalue weighted by molar-refractivity contribution is -0.137. The van der Waals surface area contributed by atoms with Crippen LogP contribution in [0.25, 0.3) is 10.2 Å². The van der Waals surface area contributed by atoms with E-state index in [9.17, 15) is 26.7 Å². The molecule has 1 aromatic heterocycles. The summed E-state index contributed by atoms with van der Waals surface area (Å²) >= 11 is 1.34. The molecule has 2 aliphatic heterocycles. The van der Waals surface area contributed by atoms with Crippen molar-refractivity contribution in [2.75, 3.05) is 42.6 Å². The van der Waals surface area contributed by atoms with Crippen molar-refractivity contribution in [3.63, 3.8) is 0 Å². The zero-order chi connectivity index (χ0) is 19.4. The molecule has 4 rings (SSSR count). The minimum absolute atomic E-state index is 0.0322. The highest BCUT2D eigenvalue weighted by molar-refractivity contribution is 7.91. The lowest BCUT2D eigenvalue weighted by Gasteiger charge is -2.38. The predicted molar refractivity (Wildman–Crippen MR) is 96.9 cm³/mol. The second-order valence-corrected chi connectivity index (χ2v) is 10.1. The summed E-state index contributed by atoms with van der Waals surface area (Å²) in [6.07, 6.45) is -5.27. The van der Waals surface area contributed by atoms with Crippen molar-refractivity contribution in [2.24, 2.45) is 0 Å². The van der Waals surface area contributed by atoms with Gasteiger partial charge in [-0.15, -0.1) is 0 Å². The molecule has 0 saturated carbocycles. The van der Waals surface area contributed by atoms with Crippen LogP contribution in [0.4, 0.5) is 18.3 Å².